The third-order valence-electron chi connectivity index (χ3n) is 3.51. The van der Waals surface area contributed by atoms with Crippen molar-refractivity contribution in [3.05, 3.63) is 23.8 Å². The molecule has 1 aliphatic rings. The molecule has 6 heteroatoms. The van der Waals surface area contributed by atoms with Crippen LogP contribution in [0.25, 0.3) is 0 Å². The predicted octanol–water partition coefficient (Wildman–Crippen LogP) is 1.33. The molecule has 0 aliphatic carbocycles. The number of carbonyl (C=O) groups is 2. The highest BCUT2D eigenvalue weighted by Gasteiger charge is 2.29. The highest BCUT2D eigenvalue weighted by Crippen LogP contribution is 2.24. The topological polar surface area (TPSA) is 87.7 Å². The molecule has 1 amide bonds. The van der Waals surface area contributed by atoms with Crippen molar-refractivity contribution < 1.29 is 19.4 Å². The molecule has 0 bridgehead atoms. The first-order valence-electron chi connectivity index (χ1n) is 6.48. The number of nitrogens with one attached hydrogen (secondary N) is 2. The second-order valence-electron chi connectivity index (χ2n) is 4.91. The summed E-state index contributed by atoms with van der Waals surface area (Å²) in [5, 5.41) is 14.9. The van der Waals surface area contributed by atoms with E-state index in [0.717, 1.165) is 13.0 Å². The first-order chi connectivity index (χ1) is 9.52. The maximum atomic E-state index is 12.1. The van der Waals surface area contributed by atoms with Crippen molar-refractivity contribution in [2.45, 2.75) is 19.4 Å². The number of hydrogen-bond donors (Lipinski definition) is 3. The molecule has 1 aromatic carbocycles. The molecule has 0 radical (unpaired) electrons. The standard InChI is InChI=1S/C14H18N2O4/c1-8-5-6-15-12(8)13(17)16-9-3-4-10(14(18)19)11(7-9)20-2/h3-4,7-8,12,15H,5-6H2,1-2H3,(H,16,17)(H,18,19). The zero-order chi connectivity index (χ0) is 14.7. The largest absolute Gasteiger partial charge is 0.496 e. The summed E-state index contributed by atoms with van der Waals surface area (Å²) in [6.07, 6.45) is 0.972. The molecule has 108 valence electrons. The minimum absolute atomic E-state index is 0.0675. The number of methoxy groups -OCH3 is 1. The van der Waals surface area contributed by atoms with E-state index in [1.54, 1.807) is 6.07 Å². The number of ether oxygens (including phenoxy) is 1. The molecule has 2 atom stereocenters. The van der Waals surface area contributed by atoms with Gasteiger partial charge < -0.3 is 20.5 Å². The van der Waals surface area contributed by atoms with Crippen LogP contribution in [0.4, 0.5) is 5.69 Å². The van der Waals surface area contributed by atoms with E-state index in [1.807, 2.05) is 6.92 Å². The molecule has 0 saturated carbocycles. The Morgan fingerprint density at radius 2 is 2.20 bits per heavy atom. The first-order valence-corrected chi connectivity index (χ1v) is 6.48. The average molecular weight is 278 g/mol. The van der Waals surface area contributed by atoms with Gasteiger partial charge in [-0.15, -0.1) is 0 Å². The van der Waals surface area contributed by atoms with Crippen LogP contribution in [-0.4, -0.2) is 36.7 Å². The third kappa shape index (κ3) is 2.91. The fourth-order valence-corrected chi connectivity index (χ4v) is 2.35. The molecular weight excluding hydrogens is 260 g/mol. The monoisotopic (exact) mass is 278 g/mol. The number of carbonyl (C=O) groups excluding carboxylic acids is 1. The Morgan fingerprint density at radius 1 is 1.45 bits per heavy atom. The summed E-state index contributed by atoms with van der Waals surface area (Å²) in [5.74, 6) is -0.663. The van der Waals surface area contributed by atoms with Gasteiger partial charge in [0.1, 0.15) is 11.3 Å². The first kappa shape index (κ1) is 14.3. The molecule has 1 aliphatic heterocycles. The van der Waals surface area contributed by atoms with Gasteiger partial charge in [0.2, 0.25) is 5.91 Å². The summed E-state index contributed by atoms with van der Waals surface area (Å²) < 4.78 is 5.03. The summed E-state index contributed by atoms with van der Waals surface area (Å²) in [7, 11) is 1.40. The molecule has 0 spiro atoms. The fourth-order valence-electron chi connectivity index (χ4n) is 2.35. The number of rotatable bonds is 4. The van der Waals surface area contributed by atoms with Gasteiger partial charge in [-0.25, -0.2) is 4.79 Å². The van der Waals surface area contributed by atoms with Gasteiger partial charge in [-0.1, -0.05) is 6.92 Å². The lowest BCUT2D eigenvalue weighted by Gasteiger charge is -2.16. The quantitative estimate of drug-likeness (QED) is 0.773. The van der Waals surface area contributed by atoms with Crippen molar-refractivity contribution in [2.75, 3.05) is 19.0 Å². The highest BCUT2D eigenvalue weighted by molar-refractivity contribution is 5.97. The number of hydrogen-bond acceptors (Lipinski definition) is 4. The number of amides is 1. The molecule has 3 N–H and O–H groups in total. The lowest BCUT2D eigenvalue weighted by atomic mass is 10.0. The minimum Gasteiger partial charge on any atom is -0.496 e. The summed E-state index contributed by atoms with van der Waals surface area (Å²) in [6.45, 7) is 2.86. The van der Waals surface area contributed by atoms with E-state index in [1.165, 1.54) is 19.2 Å². The third-order valence-corrected chi connectivity index (χ3v) is 3.51. The van der Waals surface area contributed by atoms with Crippen LogP contribution in [0.15, 0.2) is 18.2 Å². The van der Waals surface area contributed by atoms with Crippen molar-refractivity contribution >= 4 is 17.6 Å². The smallest absolute Gasteiger partial charge is 0.339 e. The molecule has 1 heterocycles. The van der Waals surface area contributed by atoms with Crippen LogP contribution in [0.3, 0.4) is 0 Å². The van der Waals surface area contributed by atoms with E-state index in [-0.39, 0.29) is 29.2 Å². The van der Waals surface area contributed by atoms with Gasteiger partial charge in [0.25, 0.3) is 0 Å². The lowest BCUT2D eigenvalue weighted by Crippen LogP contribution is -2.39. The molecule has 20 heavy (non-hydrogen) atoms. The number of benzene rings is 1. The molecule has 0 aromatic heterocycles. The van der Waals surface area contributed by atoms with Crippen LogP contribution in [0.1, 0.15) is 23.7 Å². The van der Waals surface area contributed by atoms with Crippen LogP contribution < -0.4 is 15.4 Å². The van der Waals surface area contributed by atoms with Gasteiger partial charge in [-0.2, -0.15) is 0 Å². The van der Waals surface area contributed by atoms with Gasteiger partial charge >= 0.3 is 5.97 Å². The molecule has 6 nitrogen and oxygen atoms in total. The Hall–Kier alpha value is -2.08. The van der Waals surface area contributed by atoms with E-state index in [2.05, 4.69) is 10.6 Å². The summed E-state index contributed by atoms with van der Waals surface area (Å²) in [6, 6.07) is 4.28. The van der Waals surface area contributed by atoms with E-state index in [0.29, 0.717) is 5.69 Å². The molecular formula is C14H18N2O4. The number of carboxylic acid groups (broad SMARTS) is 1. The second-order valence-corrected chi connectivity index (χ2v) is 4.91. The lowest BCUT2D eigenvalue weighted by molar-refractivity contribution is -0.118. The number of carboxylic acids is 1. The fraction of sp³-hybridized carbons (Fsp3) is 0.429. The second kappa shape index (κ2) is 5.92. The Balaban J connectivity index is 2.13. The van der Waals surface area contributed by atoms with Gasteiger partial charge in [0.05, 0.1) is 13.2 Å². The van der Waals surface area contributed by atoms with Gasteiger partial charge in [-0.3, -0.25) is 4.79 Å². The van der Waals surface area contributed by atoms with Gasteiger partial charge in [0, 0.05) is 11.8 Å². The zero-order valence-corrected chi connectivity index (χ0v) is 11.5. The van der Waals surface area contributed by atoms with E-state index in [4.69, 9.17) is 9.84 Å². The van der Waals surface area contributed by atoms with E-state index < -0.39 is 5.97 Å². The van der Waals surface area contributed by atoms with Crippen molar-refractivity contribution in [3.63, 3.8) is 0 Å². The molecule has 1 aromatic rings. The molecule has 2 rings (SSSR count). The van der Waals surface area contributed by atoms with Gasteiger partial charge in [-0.05, 0) is 31.0 Å². The van der Waals surface area contributed by atoms with Crippen LogP contribution in [0.5, 0.6) is 5.75 Å². The maximum Gasteiger partial charge on any atom is 0.339 e. The van der Waals surface area contributed by atoms with Crippen molar-refractivity contribution in [3.8, 4) is 5.75 Å². The molecule has 2 unspecified atom stereocenters. The van der Waals surface area contributed by atoms with Crippen LogP contribution in [0, 0.1) is 5.92 Å². The normalized spacial score (nSPS) is 21.5. The summed E-state index contributed by atoms with van der Waals surface area (Å²) in [4.78, 5) is 23.1. The Bertz CT molecular complexity index is 530. The van der Waals surface area contributed by atoms with Crippen molar-refractivity contribution in [1.29, 1.82) is 0 Å². The predicted molar refractivity (Wildman–Crippen MR) is 74.2 cm³/mol. The molecule has 1 fully saturated rings. The minimum atomic E-state index is -1.06. The van der Waals surface area contributed by atoms with Gasteiger partial charge in [0.15, 0.2) is 0 Å². The highest BCUT2D eigenvalue weighted by atomic mass is 16.5. The SMILES string of the molecule is COc1cc(NC(=O)C2NCCC2C)ccc1C(=O)O. The average Bonchev–Trinajstić information content (AvgIpc) is 2.84. The van der Waals surface area contributed by atoms with Crippen LogP contribution >= 0.6 is 0 Å². The Kier molecular flexibility index (Phi) is 4.24. The Morgan fingerprint density at radius 3 is 2.75 bits per heavy atom. The van der Waals surface area contributed by atoms with Crippen LogP contribution in [-0.2, 0) is 4.79 Å². The molecule has 1 saturated heterocycles. The van der Waals surface area contributed by atoms with E-state index >= 15 is 0 Å². The summed E-state index contributed by atoms with van der Waals surface area (Å²) >= 11 is 0. The Labute approximate surface area is 117 Å². The number of aromatic carboxylic acids is 1. The maximum absolute atomic E-state index is 12.1. The van der Waals surface area contributed by atoms with Crippen molar-refractivity contribution in [1.82, 2.24) is 5.32 Å². The number of anilines is 1. The van der Waals surface area contributed by atoms with E-state index in [9.17, 15) is 9.59 Å². The van der Waals surface area contributed by atoms with Crippen LogP contribution in [0.2, 0.25) is 0 Å². The van der Waals surface area contributed by atoms with Crippen molar-refractivity contribution in [2.24, 2.45) is 5.92 Å². The summed E-state index contributed by atoms with van der Waals surface area (Å²) in [5.41, 5.74) is 0.593. The zero-order valence-electron chi connectivity index (χ0n) is 11.5.